The number of benzene rings is 3. The lowest BCUT2D eigenvalue weighted by molar-refractivity contribution is 0.658. The first-order valence-corrected chi connectivity index (χ1v) is 10.7. The van der Waals surface area contributed by atoms with E-state index in [0.717, 1.165) is 5.82 Å². The third-order valence-corrected chi connectivity index (χ3v) is 7.23. The van der Waals surface area contributed by atoms with E-state index in [4.69, 9.17) is 0 Å². The van der Waals surface area contributed by atoms with Crippen LogP contribution in [0.5, 0.6) is 0 Å². The van der Waals surface area contributed by atoms with Crippen molar-refractivity contribution in [1.29, 1.82) is 10.5 Å². The van der Waals surface area contributed by atoms with Crippen LogP contribution in [0.2, 0.25) is 0 Å². The summed E-state index contributed by atoms with van der Waals surface area (Å²) in [4.78, 5) is 4.63. The Bertz CT molecular complexity index is 1540. The van der Waals surface area contributed by atoms with Crippen LogP contribution in [0.4, 0.5) is 0 Å². The summed E-state index contributed by atoms with van der Waals surface area (Å²) in [6.07, 6.45) is 0. The number of hydrogen-bond donors (Lipinski definition) is 0. The number of fused-ring (bicyclic) bond motifs is 6. The van der Waals surface area contributed by atoms with Crippen molar-refractivity contribution in [2.45, 2.75) is 25.2 Å². The second-order valence-corrected chi connectivity index (χ2v) is 9.13. The average Bonchev–Trinajstić information content (AvgIpc) is 3.38. The smallest absolute Gasteiger partial charge is 0.177 e. The molecule has 2 aliphatic rings. The van der Waals surface area contributed by atoms with Crippen molar-refractivity contribution in [3.63, 3.8) is 0 Å². The molecule has 0 saturated heterocycles. The SMILES string of the molecule is Cn1c(C2c3ccccc3-c3cc4c(cc32)C(C)(C)c2ccccc2-4)nc(C#N)c1C#N. The molecule has 1 unspecified atom stereocenters. The van der Waals surface area contributed by atoms with E-state index in [1.54, 1.807) is 4.57 Å². The number of nitriles is 2. The average molecular weight is 412 g/mol. The van der Waals surface area contributed by atoms with Gasteiger partial charge in [-0.05, 0) is 50.6 Å². The first-order chi connectivity index (χ1) is 15.5. The Morgan fingerprint density at radius 2 is 1.53 bits per heavy atom. The molecule has 6 rings (SSSR count). The van der Waals surface area contributed by atoms with Gasteiger partial charge in [-0.25, -0.2) is 4.98 Å². The number of rotatable bonds is 1. The summed E-state index contributed by atoms with van der Waals surface area (Å²) < 4.78 is 1.78. The molecule has 0 spiro atoms. The topological polar surface area (TPSA) is 65.4 Å². The van der Waals surface area contributed by atoms with E-state index < -0.39 is 0 Å². The predicted octanol–water partition coefficient (Wildman–Crippen LogP) is 5.63. The molecule has 0 N–H and O–H groups in total. The number of nitrogens with zero attached hydrogens (tertiary/aromatic N) is 4. The fraction of sp³-hybridized carbons (Fsp3) is 0.179. The molecule has 4 nitrogen and oxygen atoms in total. The van der Waals surface area contributed by atoms with E-state index in [1.807, 2.05) is 13.1 Å². The molecule has 4 heteroatoms. The summed E-state index contributed by atoms with van der Waals surface area (Å²) in [6.45, 7) is 4.56. The Morgan fingerprint density at radius 1 is 0.812 bits per heavy atom. The highest BCUT2D eigenvalue weighted by molar-refractivity contribution is 5.89. The molecule has 0 aliphatic heterocycles. The van der Waals surface area contributed by atoms with Crippen LogP contribution >= 0.6 is 0 Å². The fourth-order valence-corrected chi connectivity index (χ4v) is 5.66. The van der Waals surface area contributed by atoms with Gasteiger partial charge in [-0.15, -0.1) is 0 Å². The van der Waals surface area contributed by atoms with E-state index in [0.29, 0.717) is 5.69 Å². The van der Waals surface area contributed by atoms with Gasteiger partial charge in [0.15, 0.2) is 11.4 Å². The van der Waals surface area contributed by atoms with E-state index in [2.05, 4.69) is 85.6 Å². The lowest BCUT2D eigenvalue weighted by Crippen LogP contribution is -2.16. The number of imidazole rings is 1. The third kappa shape index (κ3) is 2.17. The molecule has 0 radical (unpaired) electrons. The molecular formula is C28H20N4. The fourth-order valence-electron chi connectivity index (χ4n) is 5.66. The molecule has 1 heterocycles. The van der Waals surface area contributed by atoms with Crippen molar-refractivity contribution in [2.24, 2.45) is 7.05 Å². The van der Waals surface area contributed by atoms with Crippen molar-refractivity contribution < 1.29 is 0 Å². The summed E-state index contributed by atoms with van der Waals surface area (Å²) in [5.41, 5.74) is 10.4. The van der Waals surface area contributed by atoms with Crippen LogP contribution in [0.3, 0.4) is 0 Å². The zero-order valence-electron chi connectivity index (χ0n) is 18.1. The van der Waals surface area contributed by atoms with Crippen LogP contribution in [0.15, 0.2) is 60.7 Å². The Morgan fingerprint density at radius 3 is 2.25 bits per heavy atom. The third-order valence-electron chi connectivity index (χ3n) is 7.23. The summed E-state index contributed by atoms with van der Waals surface area (Å²) in [7, 11) is 1.83. The number of hydrogen-bond acceptors (Lipinski definition) is 3. The van der Waals surface area contributed by atoms with Crippen LogP contribution in [0.25, 0.3) is 22.3 Å². The molecule has 1 aromatic heterocycles. The zero-order valence-corrected chi connectivity index (χ0v) is 18.1. The van der Waals surface area contributed by atoms with Crippen LogP contribution in [0, 0.1) is 22.7 Å². The van der Waals surface area contributed by atoms with Gasteiger partial charge in [0.25, 0.3) is 0 Å². The Hall–Kier alpha value is -4.15. The van der Waals surface area contributed by atoms with Gasteiger partial charge in [-0.3, -0.25) is 0 Å². The molecule has 1 atom stereocenters. The van der Waals surface area contributed by atoms with Crippen LogP contribution in [-0.2, 0) is 12.5 Å². The first kappa shape index (κ1) is 18.6. The van der Waals surface area contributed by atoms with E-state index in [1.165, 1.54) is 44.5 Å². The highest BCUT2D eigenvalue weighted by Crippen LogP contribution is 2.55. The van der Waals surface area contributed by atoms with Gasteiger partial charge in [0.05, 0.1) is 5.92 Å². The van der Waals surface area contributed by atoms with Gasteiger partial charge >= 0.3 is 0 Å². The zero-order chi connectivity index (χ0) is 22.2. The van der Waals surface area contributed by atoms with Crippen LogP contribution < -0.4 is 0 Å². The van der Waals surface area contributed by atoms with Crippen molar-refractivity contribution >= 4 is 0 Å². The quantitative estimate of drug-likeness (QED) is 0.358. The van der Waals surface area contributed by atoms with Crippen molar-refractivity contribution in [1.82, 2.24) is 9.55 Å². The van der Waals surface area contributed by atoms with Crippen molar-refractivity contribution in [3.8, 4) is 34.4 Å². The van der Waals surface area contributed by atoms with Gasteiger partial charge in [-0.2, -0.15) is 10.5 Å². The van der Waals surface area contributed by atoms with Gasteiger partial charge in [0, 0.05) is 12.5 Å². The Kier molecular flexibility index (Phi) is 3.60. The second-order valence-electron chi connectivity index (χ2n) is 9.13. The molecular weight excluding hydrogens is 392 g/mol. The lowest BCUT2D eigenvalue weighted by Gasteiger charge is -2.23. The Labute approximate surface area is 187 Å². The largest absolute Gasteiger partial charge is 0.321 e. The molecule has 4 aromatic rings. The van der Waals surface area contributed by atoms with E-state index in [9.17, 15) is 10.5 Å². The van der Waals surface area contributed by atoms with Gasteiger partial charge in [-0.1, -0.05) is 68.4 Å². The summed E-state index contributed by atoms with van der Waals surface area (Å²) in [6, 6.07) is 26.0. The molecule has 2 aliphatic carbocycles. The van der Waals surface area contributed by atoms with Crippen LogP contribution in [0.1, 0.15) is 59.2 Å². The normalized spacial score (nSPS) is 16.5. The molecule has 0 amide bonds. The Balaban J connectivity index is 1.67. The molecule has 3 aromatic carbocycles. The van der Waals surface area contributed by atoms with Crippen molar-refractivity contribution in [2.75, 3.05) is 0 Å². The molecule has 152 valence electrons. The van der Waals surface area contributed by atoms with Crippen LogP contribution in [-0.4, -0.2) is 9.55 Å². The maximum Gasteiger partial charge on any atom is 0.177 e. The summed E-state index contributed by atoms with van der Waals surface area (Å²) >= 11 is 0. The molecule has 32 heavy (non-hydrogen) atoms. The highest BCUT2D eigenvalue weighted by atomic mass is 15.1. The van der Waals surface area contributed by atoms with Crippen molar-refractivity contribution in [3.05, 3.63) is 100 Å². The highest BCUT2D eigenvalue weighted by Gasteiger charge is 2.40. The molecule has 0 bridgehead atoms. The standard InChI is InChI=1S/C28H20N4/c1-28(2)22-11-7-6-9-17(22)20-12-19-16-8-4-5-10-18(16)26(21(19)13-23(20)28)27-31-24(14-29)25(15-30)32(27)3/h4-13,26H,1-3H3. The predicted molar refractivity (Wildman–Crippen MR) is 123 cm³/mol. The molecule has 0 saturated carbocycles. The van der Waals surface area contributed by atoms with Gasteiger partial charge in [0.2, 0.25) is 0 Å². The lowest BCUT2D eigenvalue weighted by atomic mass is 9.81. The maximum atomic E-state index is 9.61. The minimum atomic E-state index is -0.120. The number of aromatic nitrogens is 2. The minimum absolute atomic E-state index is 0.0997. The first-order valence-electron chi connectivity index (χ1n) is 10.7. The van der Waals surface area contributed by atoms with Gasteiger partial charge < -0.3 is 4.57 Å². The summed E-state index contributed by atoms with van der Waals surface area (Å²) in [5, 5.41) is 19.1. The van der Waals surface area contributed by atoms with E-state index >= 15 is 0 Å². The van der Waals surface area contributed by atoms with E-state index in [-0.39, 0.29) is 17.0 Å². The summed E-state index contributed by atoms with van der Waals surface area (Å²) in [5.74, 6) is 0.614. The maximum absolute atomic E-state index is 9.61. The monoisotopic (exact) mass is 412 g/mol. The second kappa shape index (κ2) is 6.19. The minimum Gasteiger partial charge on any atom is -0.321 e. The molecule has 0 fully saturated rings. The van der Waals surface area contributed by atoms with Gasteiger partial charge in [0.1, 0.15) is 18.0 Å².